The molecule has 2 aromatic rings. The van der Waals surface area contributed by atoms with Gasteiger partial charge in [0, 0.05) is 11.9 Å². The highest BCUT2D eigenvalue weighted by atomic mass is 35.5. The molecule has 0 saturated carbocycles. The van der Waals surface area contributed by atoms with E-state index in [2.05, 4.69) is 5.32 Å². The first kappa shape index (κ1) is 11.5. The summed E-state index contributed by atoms with van der Waals surface area (Å²) in [4.78, 5) is 0. The van der Waals surface area contributed by atoms with Gasteiger partial charge in [-0.05, 0) is 19.1 Å². The number of para-hydroxylation sites is 1. The van der Waals surface area contributed by atoms with Crippen LogP contribution in [-0.2, 0) is 6.54 Å². The van der Waals surface area contributed by atoms with E-state index in [1.807, 2.05) is 24.3 Å². The molecule has 3 nitrogen and oxygen atoms in total. The standard InChI is InChI=1S/C12H14ClNO2/c1-8(15)6-14-7-11-12(13)9-4-2-3-5-10(9)16-11/h2-5,8,14-15H,6-7H2,1H3/t8-/m1/s1. The summed E-state index contributed by atoms with van der Waals surface area (Å²) in [5.74, 6) is 0.712. The lowest BCUT2D eigenvalue weighted by Crippen LogP contribution is -2.23. The van der Waals surface area contributed by atoms with E-state index in [1.165, 1.54) is 0 Å². The summed E-state index contributed by atoms with van der Waals surface area (Å²) in [5.41, 5.74) is 0.793. The highest BCUT2D eigenvalue weighted by Gasteiger charge is 2.11. The summed E-state index contributed by atoms with van der Waals surface area (Å²) < 4.78 is 5.60. The minimum Gasteiger partial charge on any atom is -0.458 e. The monoisotopic (exact) mass is 239 g/mol. The van der Waals surface area contributed by atoms with E-state index in [-0.39, 0.29) is 6.10 Å². The summed E-state index contributed by atoms with van der Waals surface area (Å²) in [6.07, 6.45) is -0.372. The summed E-state index contributed by atoms with van der Waals surface area (Å²) in [7, 11) is 0. The lowest BCUT2D eigenvalue weighted by atomic mass is 10.2. The van der Waals surface area contributed by atoms with Crippen molar-refractivity contribution < 1.29 is 9.52 Å². The molecule has 0 aliphatic heterocycles. The molecule has 2 rings (SSSR count). The molecule has 0 amide bonds. The molecule has 1 heterocycles. The zero-order chi connectivity index (χ0) is 11.5. The van der Waals surface area contributed by atoms with Crippen molar-refractivity contribution in [3.05, 3.63) is 35.0 Å². The molecule has 0 radical (unpaired) electrons. The molecule has 0 aliphatic rings. The third-order valence-electron chi connectivity index (χ3n) is 2.33. The summed E-state index contributed by atoms with van der Waals surface area (Å²) in [6.45, 7) is 2.78. The van der Waals surface area contributed by atoms with Crippen molar-refractivity contribution in [3.8, 4) is 0 Å². The van der Waals surface area contributed by atoms with Crippen LogP contribution in [0, 0.1) is 0 Å². The third kappa shape index (κ3) is 2.38. The van der Waals surface area contributed by atoms with Gasteiger partial charge in [0.2, 0.25) is 0 Å². The van der Waals surface area contributed by atoms with E-state index in [4.69, 9.17) is 21.1 Å². The number of halogens is 1. The lowest BCUT2D eigenvalue weighted by Gasteiger charge is -2.04. The van der Waals surface area contributed by atoms with Crippen LogP contribution in [0.15, 0.2) is 28.7 Å². The van der Waals surface area contributed by atoms with Crippen molar-refractivity contribution in [2.24, 2.45) is 0 Å². The Hall–Kier alpha value is -1.03. The van der Waals surface area contributed by atoms with Gasteiger partial charge in [0.05, 0.1) is 17.7 Å². The minimum absolute atomic E-state index is 0.372. The van der Waals surface area contributed by atoms with Gasteiger partial charge in [-0.25, -0.2) is 0 Å². The Morgan fingerprint density at radius 2 is 2.19 bits per heavy atom. The van der Waals surface area contributed by atoms with Gasteiger partial charge in [-0.15, -0.1) is 0 Å². The number of aliphatic hydroxyl groups excluding tert-OH is 1. The number of rotatable bonds is 4. The maximum Gasteiger partial charge on any atom is 0.137 e. The molecule has 0 saturated heterocycles. The summed E-state index contributed by atoms with van der Waals surface area (Å²) in [5, 5.41) is 13.8. The van der Waals surface area contributed by atoms with E-state index in [0.29, 0.717) is 23.9 Å². The number of fused-ring (bicyclic) bond motifs is 1. The maximum atomic E-state index is 9.11. The highest BCUT2D eigenvalue weighted by Crippen LogP contribution is 2.29. The number of nitrogens with one attached hydrogen (secondary N) is 1. The van der Waals surface area contributed by atoms with E-state index in [0.717, 1.165) is 11.0 Å². The SMILES string of the molecule is C[C@@H](O)CNCc1oc2ccccc2c1Cl. The first-order valence-electron chi connectivity index (χ1n) is 5.23. The zero-order valence-corrected chi connectivity index (χ0v) is 9.79. The second kappa shape index (κ2) is 4.87. The maximum absolute atomic E-state index is 9.11. The van der Waals surface area contributed by atoms with Gasteiger partial charge >= 0.3 is 0 Å². The fourth-order valence-corrected chi connectivity index (χ4v) is 1.83. The van der Waals surface area contributed by atoms with Crippen LogP contribution in [0.1, 0.15) is 12.7 Å². The normalized spacial score (nSPS) is 13.2. The minimum atomic E-state index is -0.372. The Labute approximate surface area is 99.0 Å². The molecular formula is C12H14ClNO2. The van der Waals surface area contributed by atoms with Crippen molar-refractivity contribution >= 4 is 22.6 Å². The van der Waals surface area contributed by atoms with Gasteiger partial charge in [-0.1, -0.05) is 23.7 Å². The quantitative estimate of drug-likeness (QED) is 0.862. The molecule has 0 spiro atoms. The predicted molar refractivity (Wildman–Crippen MR) is 64.6 cm³/mol. The van der Waals surface area contributed by atoms with Gasteiger partial charge < -0.3 is 14.8 Å². The van der Waals surface area contributed by atoms with E-state index in [9.17, 15) is 0 Å². The van der Waals surface area contributed by atoms with Crippen molar-refractivity contribution in [2.45, 2.75) is 19.6 Å². The van der Waals surface area contributed by atoms with Crippen LogP contribution < -0.4 is 5.32 Å². The third-order valence-corrected chi connectivity index (χ3v) is 2.74. The van der Waals surface area contributed by atoms with Gasteiger partial charge in [0.25, 0.3) is 0 Å². The van der Waals surface area contributed by atoms with Crippen molar-refractivity contribution in [1.29, 1.82) is 0 Å². The summed E-state index contributed by atoms with van der Waals surface area (Å²) >= 11 is 6.18. The molecule has 1 atom stereocenters. The van der Waals surface area contributed by atoms with E-state index in [1.54, 1.807) is 6.92 Å². The average Bonchev–Trinajstić information content (AvgIpc) is 2.56. The predicted octanol–water partition coefficient (Wildman–Crippen LogP) is 2.56. The number of hydrogen-bond acceptors (Lipinski definition) is 3. The number of furan rings is 1. The average molecular weight is 240 g/mol. The smallest absolute Gasteiger partial charge is 0.137 e. The van der Waals surface area contributed by atoms with Crippen molar-refractivity contribution in [2.75, 3.05) is 6.54 Å². The molecule has 16 heavy (non-hydrogen) atoms. The molecule has 0 unspecified atom stereocenters. The second-order valence-electron chi connectivity index (χ2n) is 3.82. The molecule has 2 N–H and O–H groups in total. The molecule has 1 aromatic carbocycles. The van der Waals surface area contributed by atoms with Crippen molar-refractivity contribution in [1.82, 2.24) is 5.32 Å². The molecule has 1 aromatic heterocycles. The van der Waals surface area contributed by atoms with Crippen LogP contribution in [0.3, 0.4) is 0 Å². The lowest BCUT2D eigenvalue weighted by molar-refractivity contribution is 0.190. The second-order valence-corrected chi connectivity index (χ2v) is 4.19. The number of aliphatic hydroxyl groups is 1. The van der Waals surface area contributed by atoms with Crippen LogP contribution in [-0.4, -0.2) is 17.8 Å². The van der Waals surface area contributed by atoms with E-state index >= 15 is 0 Å². The van der Waals surface area contributed by atoms with Crippen LogP contribution in [0.4, 0.5) is 0 Å². The Kier molecular flexibility index (Phi) is 3.49. The molecule has 0 fully saturated rings. The van der Waals surface area contributed by atoms with Crippen molar-refractivity contribution in [3.63, 3.8) is 0 Å². The Balaban J connectivity index is 2.15. The Bertz CT molecular complexity index is 479. The molecule has 0 aliphatic carbocycles. The molecule has 0 bridgehead atoms. The fraction of sp³-hybridized carbons (Fsp3) is 0.333. The molecular weight excluding hydrogens is 226 g/mol. The summed E-state index contributed by atoms with van der Waals surface area (Å²) in [6, 6.07) is 7.66. The zero-order valence-electron chi connectivity index (χ0n) is 9.03. The topological polar surface area (TPSA) is 45.4 Å². The molecule has 86 valence electrons. The number of benzene rings is 1. The van der Waals surface area contributed by atoms with Crippen LogP contribution in [0.2, 0.25) is 5.02 Å². The van der Waals surface area contributed by atoms with Crippen LogP contribution in [0.25, 0.3) is 11.0 Å². The van der Waals surface area contributed by atoms with Gasteiger partial charge in [0.15, 0.2) is 0 Å². The number of hydrogen-bond donors (Lipinski definition) is 2. The van der Waals surface area contributed by atoms with Crippen LogP contribution >= 0.6 is 11.6 Å². The Morgan fingerprint density at radius 3 is 2.88 bits per heavy atom. The first-order valence-corrected chi connectivity index (χ1v) is 5.61. The fourth-order valence-electron chi connectivity index (χ4n) is 1.57. The van der Waals surface area contributed by atoms with Gasteiger partial charge in [0.1, 0.15) is 11.3 Å². The largest absolute Gasteiger partial charge is 0.458 e. The first-order chi connectivity index (χ1) is 7.68. The highest BCUT2D eigenvalue weighted by molar-refractivity contribution is 6.36. The van der Waals surface area contributed by atoms with Crippen LogP contribution in [0.5, 0.6) is 0 Å². The van der Waals surface area contributed by atoms with Gasteiger partial charge in [-0.2, -0.15) is 0 Å². The van der Waals surface area contributed by atoms with E-state index < -0.39 is 0 Å². The van der Waals surface area contributed by atoms with Gasteiger partial charge in [-0.3, -0.25) is 0 Å². The molecule has 4 heteroatoms. The Morgan fingerprint density at radius 1 is 1.44 bits per heavy atom.